The lowest BCUT2D eigenvalue weighted by atomic mass is 10.0. The molecule has 0 saturated heterocycles. The van der Waals surface area contributed by atoms with E-state index in [4.69, 9.17) is 5.11 Å². The van der Waals surface area contributed by atoms with E-state index in [2.05, 4.69) is 49.9 Å². The molecule has 0 spiro atoms. The van der Waals surface area contributed by atoms with Crippen molar-refractivity contribution in [1.29, 1.82) is 0 Å². The zero-order chi connectivity index (χ0) is 16.4. The van der Waals surface area contributed by atoms with Crippen molar-refractivity contribution in [2.24, 2.45) is 0 Å². The third kappa shape index (κ3) is 6.97. The quantitative estimate of drug-likeness (QED) is 0.581. The maximum absolute atomic E-state index is 10.9. The molecule has 0 aromatic heterocycles. The second-order valence-corrected chi connectivity index (χ2v) is 6.29. The van der Waals surface area contributed by atoms with Crippen LogP contribution in [0.25, 0.3) is 0 Å². The largest absolute Gasteiger partial charge is 0.481 e. The van der Waals surface area contributed by atoms with Gasteiger partial charge in [-0.1, -0.05) is 58.6 Å². The molecule has 1 aromatic rings. The summed E-state index contributed by atoms with van der Waals surface area (Å²) < 4.78 is 0. The van der Waals surface area contributed by atoms with E-state index < -0.39 is 5.97 Å². The Bertz CT molecular complexity index is 426. The standard InChI is InChI=1S/C19H31NO2/c1-4-5-6-7-8-14-20(15-13-19(21)22)18-11-9-17(10-12-18)16(2)3/h9-12,16H,4-8,13-15H2,1-3H3,(H,21,22). The molecule has 0 aliphatic carbocycles. The summed E-state index contributed by atoms with van der Waals surface area (Å²) in [4.78, 5) is 13.1. The summed E-state index contributed by atoms with van der Waals surface area (Å²) in [5.74, 6) is -0.203. The predicted molar refractivity (Wildman–Crippen MR) is 93.8 cm³/mol. The molecular formula is C19H31NO2. The Balaban J connectivity index is 2.61. The highest BCUT2D eigenvalue weighted by molar-refractivity contribution is 5.67. The number of hydrogen-bond acceptors (Lipinski definition) is 2. The van der Waals surface area contributed by atoms with Crippen molar-refractivity contribution in [1.82, 2.24) is 0 Å². The number of carbonyl (C=O) groups is 1. The highest BCUT2D eigenvalue weighted by atomic mass is 16.4. The minimum Gasteiger partial charge on any atom is -0.481 e. The van der Waals surface area contributed by atoms with Gasteiger partial charge < -0.3 is 10.0 Å². The zero-order valence-electron chi connectivity index (χ0n) is 14.3. The Hall–Kier alpha value is -1.51. The van der Waals surface area contributed by atoms with Crippen LogP contribution in [0.3, 0.4) is 0 Å². The van der Waals surface area contributed by atoms with Crippen LogP contribution in [-0.2, 0) is 4.79 Å². The van der Waals surface area contributed by atoms with Gasteiger partial charge >= 0.3 is 5.97 Å². The molecule has 0 aliphatic heterocycles. The number of carboxylic acid groups (broad SMARTS) is 1. The van der Waals surface area contributed by atoms with E-state index in [9.17, 15) is 4.79 Å². The first kappa shape index (κ1) is 18.5. The van der Waals surface area contributed by atoms with Crippen molar-refractivity contribution in [3.05, 3.63) is 29.8 Å². The molecule has 1 rings (SSSR count). The summed E-state index contributed by atoms with van der Waals surface area (Å²) in [6.07, 6.45) is 6.36. The lowest BCUT2D eigenvalue weighted by Crippen LogP contribution is -2.27. The fourth-order valence-electron chi connectivity index (χ4n) is 2.58. The number of benzene rings is 1. The SMILES string of the molecule is CCCCCCCN(CCC(=O)O)c1ccc(C(C)C)cc1. The van der Waals surface area contributed by atoms with Gasteiger partial charge in [0.25, 0.3) is 0 Å². The summed E-state index contributed by atoms with van der Waals surface area (Å²) in [6, 6.07) is 8.57. The summed E-state index contributed by atoms with van der Waals surface area (Å²) in [5, 5.41) is 8.94. The molecule has 0 atom stereocenters. The number of nitrogens with zero attached hydrogens (tertiary/aromatic N) is 1. The van der Waals surface area contributed by atoms with Gasteiger partial charge in [-0.05, 0) is 30.0 Å². The van der Waals surface area contributed by atoms with Crippen LogP contribution in [0.2, 0.25) is 0 Å². The van der Waals surface area contributed by atoms with Crippen LogP contribution in [0, 0.1) is 0 Å². The van der Waals surface area contributed by atoms with Crippen molar-refractivity contribution in [3.8, 4) is 0 Å². The van der Waals surface area contributed by atoms with Gasteiger partial charge in [-0.3, -0.25) is 4.79 Å². The summed E-state index contributed by atoms with van der Waals surface area (Å²) in [5.41, 5.74) is 2.46. The minimum absolute atomic E-state index is 0.195. The van der Waals surface area contributed by atoms with Gasteiger partial charge in [-0.25, -0.2) is 0 Å². The fourth-order valence-corrected chi connectivity index (χ4v) is 2.58. The number of unbranched alkanes of at least 4 members (excludes halogenated alkanes) is 4. The molecule has 0 heterocycles. The van der Waals surface area contributed by atoms with Gasteiger partial charge in [-0.15, -0.1) is 0 Å². The van der Waals surface area contributed by atoms with Crippen molar-refractivity contribution in [3.63, 3.8) is 0 Å². The first-order valence-corrected chi connectivity index (χ1v) is 8.61. The number of rotatable bonds is 11. The molecule has 0 saturated carbocycles. The number of anilines is 1. The van der Waals surface area contributed by atoms with Gasteiger partial charge in [0.1, 0.15) is 0 Å². The second kappa shape index (κ2) is 10.3. The molecule has 0 aliphatic rings. The van der Waals surface area contributed by atoms with E-state index in [1.165, 1.54) is 31.2 Å². The lowest BCUT2D eigenvalue weighted by Gasteiger charge is -2.25. The van der Waals surface area contributed by atoms with Gasteiger partial charge in [0.2, 0.25) is 0 Å². The average molecular weight is 305 g/mol. The van der Waals surface area contributed by atoms with E-state index in [-0.39, 0.29) is 6.42 Å². The zero-order valence-corrected chi connectivity index (χ0v) is 14.3. The molecule has 22 heavy (non-hydrogen) atoms. The number of carboxylic acids is 1. The van der Waals surface area contributed by atoms with E-state index >= 15 is 0 Å². The lowest BCUT2D eigenvalue weighted by molar-refractivity contribution is -0.136. The maximum Gasteiger partial charge on any atom is 0.305 e. The molecule has 0 fully saturated rings. The molecule has 1 aromatic carbocycles. The van der Waals surface area contributed by atoms with Crippen LogP contribution < -0.4 is 4.90 Å². The highest BCUT2D eigenvalue weighted by Crippen LogP contribution is 2.21. The summed E-state index contributed by atoms with van der Waals surface area (Å²) in [7, 11) is 0. The Kier molecular flexibility index (Phi) is 8.64. The normalized spacial score (nSPS) is 10.9. The predicted octanol–water partition coefficient (Wildman–Crippen LogP) is 5.06. The Labute approximate surface area is 135 Å². The Morgan fingerprint density at radius 3 is 2.23 bits per heavy atom. The first-order valence-electron chi connectivity index (χ1n) is 8.61. The second-order valence-electron chi connectivity index (χ2n) is 6.29. The van der Waals surface area contributed by atoms with Crippen LogP contribution in [0.1, 0.15) is 70.8 Å². The number of aliphatic carboxylic acids is 1. The fraction of sp³-hybridized carbons (Fsp3) is 0.632. The van der Waals surface area contributed by atoms with E-state index in [1.54, 1.807) is 0 Å². The van der Waals surface area contributed by atoms with Crippen molar-refractivity contribution in [2.75, 3.05) is 18.0 Å². The molecule has 124 valence electrons. The third-order valence-corrected chi connectivity index (χ3v) is 4.05. The van der Waals surface area contributed by atoms with Crippen LogP contribution in [0.5, 0.6) is 0 Å². The Morgan fingerprint density at radius 1 is 1.05 bits per heavy atom. The monoisotopic (exact) mass is 305 g/mol. The van der Waals surface area contributed by atoms with E-state index in [1.807, 2.05) is 0 Å². The molecule has 0 bridgehead atoms. The smallest absolute Gasteiger partial charge is 0.305 e. The minimum atomic E-state index is -0.727. The van der Waals surface area contributed by atoms with Gasteiger partial charge in [0, 0.05) is 18.8 Å². The number of hydrogen-bond donors (Lipinski definition) is 1. The molecule has 0 radical (unpaired) electrons. The van der Waals surface area contributed by atoms with E-state index in [0.29, 0.717) is 12.5 Å². The van der Waals surface area contributed by atoms with Crippen LogP contribution in [0.4, 0.5) is 5.69 Å². The van der Waals surface area contributed by atoms with Crippen molar-refractivity contribution in [2.45, 2.75) is 65.2 Å². The molecule has 0 unspecified atom stereocenters. The molecule has 0 amide bonds. The van der Waals surface area contributed by atoms with E-state index in [0.717, 1.165) is 18.7 Å². The van der Waals surface area contributed by atoms with Crippen LogP contribution in [0.15, 0.2) is 24.3 Å². The summed E-state index contributed by atoms with van der Waals surface area (Å²) >= 11 is 0. The highest BCUT2D eigenvalue weighted by Gasteiger charge is 2.09. The third-order valence-electron chi connectivity index (χ3n) is 4.05. The maximum atomic E-state index is 10.9. The van der Waals surface area contributed by atoms with Crippen molar-refractivity contribution < 1.29 is 9.90 Å². The average Bonchev–Trinajstić information content (AvgIpc) is 2.50. The van der Waals surface area contributed by atoms with Gasteiger partial charge in [0.05, 0.1) is 6.42 Å². The molecule has 3 heteroatoms. The molecule has 1 N–H and O–H groups in total. The molecular weight excluding hydrogens is 274 g/mol. The van der Waals surface area contributed by atoms with Gasteiger partial charge in [-0.2, -0.15) is 0 Å². The Morgan fingerprint density at radius 2 is 1.68 bits per heavy atom. The summed E-state index contributed by atoms with van der Waals surface area (Å²) in [6.45, 7) is 8.12. The van der Waals surface area contributed by atoms with Crippen LogP contribution >= 0.6 is 0 Å². The topological polar surface area (TPSA) is 40.5 Å². The van der Waals surface area contributed by atoms with Crippen LogP contribution in [-0.4, -0.2) is 24.2 Å². The molecule has 3 nitrogen and oxygen atoms in total. The first-order chi connectivity index (χ1) is 10.5. The van der Waals surface area contributed by atoms with Gasteiger partial charge in [0.15, 0.2) is 0 Å². The van der Waals surface area contributed by atoms with Crippen molar-refractivity contribution >= 4 is 11.7 Å².